The predicted octanol–water partition coefficient (Wildman–Crippen LogP) is 3.87. The Hall–Kier alpha value is -4.57. The van der Waals surface area contributed by atoms with Crippen LogP contribution in [0.3, 0.4) is 0 Å². The summed E-state index contributed by atoms with van der Waals surface area (Å²) < 4.78 is 27.0. The first kappa shape index (κ1) is 45.5. The summed E-state index contributed by atoms with van der Waals surface area (Å²) >= 11 is -1.16. The molecule has 2 unspecified atom stereocenters. The molecule has 1 aliphatic carbocycles. The average Bonchev–Trinajstić information content (AvgIpc) is 3.92. The number of carbonyl (C=O) groups is 3. The lowest BCUT2D eigenvalue weighted by Crippen LogP contribution is -2.51. The third-order valence-corrected chi connectivity index (χ3v) is 14.6. The number of fused-ring (bicyclic) bond motifs is 1. The van der Waals surface area contributed by atoms with Crippen molar-refractivity contribution in [1.82, 2.24) is 37.9 Å². The van der Waals surface area contributed by atoms with Gasteiger partial charge in [0.15, 0.2) is 0 Å². The van der Waals surface area contributed by atoms with Crippen LogP contribution >= 0.6 is 0 Å². The van der Waals surface area contributed by atoms with E-state index >= 15 is 0 Å². The molecule has 5 heterocycles. The Balaban J connectivity index is 0.802. The van der Waals surface area contributed by atoms with Gasteiger partial charge in [0.1, 0.15) is 30.3 Å². The van der Waals surface area contributed by atoms with Crippen molar-refractivity contribution < 1.29 is 23.7 Å². The summed E-state index contributed by atoms with van der Waals surface area (Å²) in [5, 5.41) is 8.74. The van der Waals surface area contributed by atoms with Gasteiger partial charge in [0.25, 0.3) is 0 Å². The molecule has 0 bridgehead atoms. The molecule has 0 spiro atoms. The second-order valence-corrected chi connectivity index (χ2v) is 18.5. The lowest BCUT2D eigenvalue weighted by molar-refractivity contribution is -0.121. The molecule has 3 aliphatic heterocycles. The minimum absolute atomic E-state index is 0.137. The maximum absolute atomic E-state index is 13.6. The lowest BCUT2D eigenvalue weighted by atomic mass is 9.96. The third-order valence-electron chi connectivity index (χ3n) is 13.0. The van der Waals surface area contributed by atoms with Crippen molar-refractivity contribution in [2.45, 2.75) is 95.2 Å². The van der Waals surface area contributed by atoms with Crippen LogP contribution in [0.5, 0.6) is 0 Å². The van der Waals surface area contributed by atoms with E-state index in [-0.39, 0.29) is 43.2 Å². The molecule has 0 radical (unpaired) electrons. The number of ether oxygens (including phenoxy) is 1. The Bertz CT molecular complexity index is 2140. The van der Waals surface area contributed by atoms with Gasteiger partial charge in [0.2, 0.25) is 18.3 Å². The molecule has 62 heavy (non-hydrogen) atoms. The van der Waals surface area contributed by atoms with Gasteiger partial charge in [-0.25, -0.2) is 9.78 Å². The van der Waals surface area contributed by atoms with Crippen molar-refractivity contribution >= 4 is 59.0 Å². The number of aromatic nitrogens is 4. The fraction of sp³-hybridized carbons (Fsp3) is 0.600. The van der Waals surface area contributed by atoms with Crippen LogP contribution in [-0.4, -0.2) is 127 Å². The van der Waals surface area contributed by atoms with Crippen molar-refractivity contribution in [2.75, 3.05) is 70.1 Å². The van der Waals surface area contributed by atoms with Crippen LogP contribution < -0.4 is 21.6 Å². The summed E-state index contributed by atoms with van der Waals surface area (Å²) in [5.41, 5.74) is 2.42. The van der Waals surface area contributed by atoms with E-state index in [1.807, 2.05) is 18.2 Å². The number of likely N-dealkylation sites (tertiary alicyclic amines) is 1. The highest BCUT2D eigenvalue weighted by atomic mass is 32.2. The molecule has 4 aliphatic rings. The average molecular weight is 871 g/mol. The number of rotatable bonds is 17. The predicted molar refractivity (Wildman–Crippen MR) is 241 cm³/mol. The van der Waals surface area contributed by atoms with Crippen molar-refractivity contribution in [1.29, 1.82) is 0 Å². The number of para-hydroxylation sites is 1. The second kappa shape index (κ2) is 22.2. The van der Waals surface area contributed by atoms with Crippen LogP contribution in [-0.2, 0) is 37.7 Å². The Kier molecular flexibility index (Phi) is 16.3. The molecule has 2 amide bonds. The Labute approximate surface area is 367 Å². The number of nitrogens with one attached hydrogen (secondary N) is 3. The molecule has 7 rings (SSSR count). The van der Waals surface area contributed by atoms with E-state index in [0.29, 0.717) is 46.6 Å². The van der Waals surface area contributed by atoms with Crippen LogP contribution in [0.2, 0.25) is 0 Å². The molecule has 3 N–H and O–H groups in total. The molecule has 3 aromatic rings. The van der Waals surface area contributed by atoms with Gasteiger partial charge in [0.05, 0.1) is 28.7 Å². The molecule has 17 heteroatoms. The number of aldehydes is 1. The monoisotopic (exact) mass is 870 g/mol. The summed E-state index contributed by atoms with van der Waals surface area (Å²) in [5.74, 6) is 8.30. The number of piperidine rings is 3. The van der Waals surface area contributed by atoms with E-state index in [4.69, 9.17) is 4.74 Å². The van der Waals surface area contributed by atoms with E-state index in [1.165, 1.54) is 34.8 Å². The summed E-state index contributed by atoms with van der Waals surface area (Å²) in [6.07, 6.45) is 18.4. The van der Waals surface area contributed by atoms with Gasteiger partial charge in [-0.05, 0) is 81.8 Å². The number of carbonyl (C=O) groups excluding carboxylic acids is 3. The van der Waals surface area contributed by atoms with Gasteiger partial charge in [0, 0.05) is 84.1 Å². The van der Waals surface area contributed by atoms with Crippen LogP contribution in [0.25, 0.3) is 17.1 Å². The molecule has 4 fully saturated rings. The van der Waals surface area contributed by atoms with Gasteiger partial charge in [-0.2, -0.15) is 4.98 Å². The number of hydrogen-bond acceptors (Lipinski definition) is 12. The molecule has 334 valence electrons. The first-order chi connectivity index (χ1) is 30.2. The smallest absolute Gasteiger partial charge is 0.329 e. The zero-order valence-corrected chi connectivity index (χ0v) is 37.0. The van der Waals surface area contributed by atoms with E-state index in [1.54, 1.807) is 26.4 Å². The van der Waals surface area contributed by atoms with E-state index in [0.717, 1.165) is 96.2 Å². The number of amides is 2. The third kappa shape index (κ3) is 11.5. The van der Waals surface area contributed by atoms with Crippen LogP contribution in [0.1, 0.15) is 94.2 Å². The van der Waals surface area contributed by atoms with Crippen molar-refractivity contribution in [2.24, 2.45) is 18.9 Å². The minimum Gasteiger partial charge on any atom is -0.578 e. The van der Waals surface area contributed by atoms with Crippen LogP contribution in [0, 0.1) is 23.7 Å². The van der Waals surface area contributed by atoms with Crippen molar-refractivity contribution in [3.8, 4) is 11.8 Å². The van der Waals surface area contributed by atoms with Gasteiger partial charge >= 0.3 is 5.69 Å². The van der Waals surface area contributed by atoms with E-state index < -0.39 is 17.6 Å². The lowest BCUT2D eigenvalue weighted by Gasteiger charge is -2.39. The van der Waals surface area contributed by atoms with Gasteiger partial charge in [-0.1, -0.05) is 42.9 Å². The molecular formula is C45H62N10O6S. The Morgan fingerprint density at radius 3 is 2.44 bits per heavy atom. The molecule has 2 aromatic heterocycles. The first-order valence-corrected chi connectivity index (χ1v) is 23.4. The Morgan fingerprint density at radius 1 is 1.02 bits per heavy atom. The maximum Gasteiger partial charge on any atom is 0.329 e. The van der Waals surface area contributed by atoms with E-state index in [2.05, 4.69) is 57.3 Å². The van der Waals surface area contributed by atoms with Crippen LogP contribution in [0.15, 0.2) is 35.3 Å². The number of benzene rings is 1. The maximum atomic E-state index is 13.6. The fourth-order valence-electron chi connectivity index (χ4n) is 9.33. The summed E-state index contributed by atoms with van der Waals surface area (Å²) in [6.45, 7) is 6.39. The number of nitrogens with zero attached hydrogens (tertiary/aromatic N) is 7. The summed E-state index contributed by atoms with van der Waals surface area (Å²) in [7, 11) is 3.22. The molecule has 3 saturated heterocycles. The second-order valence-electron chi connectivity index (χ2n) is 17.0. The van der Waals surface area contributed by atoms with Gasteiger partial charge in [-0.3, -0.25) is 18.7 Å². The van der Waals surface area contributed by atoms with Gasteiger partial charge in [-0.15, -0.1) is 8.61 Å². The number of aryl methyl sites for hydroxylation is 1. The molecule has 16 nitrogen and oxygen atoms in total. The topological polar surface area (TPSA) is 182 Å². The number of imidazole rings is 1. The molecule has 1 aromatic carbocycles. The SMILES string of the molecule is CNC(=O)CCC(C=O)n1c(=O)n(C)c2c(C#CCOC3CCN(CC4CCN([S+]([O-])N5CCC(Nc6ncc(/C=C\C7CCCC7)c(NC=O)n6)CC5)CC4)CC3)cccc21. The van der Waals surface area contributed by atoms with Crippen molar-refractivity contribution in [3.05, 3.63) is 52.1 Å². The Morgan fingerprint density at radius 2 is 1.74 bits per heavy atom. The highest BCUT2D eigenvalue weighted by molar-refractivity contribution is 7.86. The van der Waals surface area contributed by atoms with Crippen molar-refractivity contribution in [3.63, 3.8) is 0 Å². The van der Waals surface area contributed by atoms with E-state index in [9.17, 15) is 23.7 Å². The van der Waals surface area contributed by atoms with Gasteiger partial charge < -0.3 is 34.9 Å². The molecule has 1 saturated carbocycles. The quantitative estimate of drug-likeness (QED) is 0.101. The molecule has 2 atom stereocenters. The van der Waals surface area contributed by atoms with Crippen LogP contribution in [0.4, 0.5) is 11.8 Å². The zero-order chi connectivity index (χ0) is 43.4. The highest BCUT2D eigenvalue weighted by Crippen LogP contribution is 2.29. The molecular weight excluding hydrogens is 809 g/mol. The number of allylic oxidation sites excluding steroid dienone is 1. The summed E-state index contributed by atoms with van der Waals surface area (Å²) in [4.78, 5) is 60.0. The first-order valence-electron chi connectivity index (χ1n) is 22.4. The standard InChI is InChI=1S/C45H62N10O6S/c1-46-41(58)15-14-38(31-56)55-40-11-5-9-35(42(40)51(2)45(55)59)10-6-28-61-39-20-22-52(23-21-39)30-34-16-24-53(25-17-34)62(60)54-26-18-37(19-27-54)49-44-47-29-36(43(50-44)48-32-57)13-12-33-7-3-4-8-33/h5,9,11-13,29,31-34,37-39H,3-4,7-8,14-28,30H2,1-2H3,(H,46,58)(H2,47,48,49,50,57)/b13-12-. The largest absolute Gasteiger partial charge is 0.578 e. The summed E-state index contributed by atoms with van der Waals surface area (Å²) in [6, 6.07) is 4.89. The minimum atomic E-state index is -1.16. The normalized spacial score (nSPS) is 20.2. The number of anilines is 2. The fourth-order valence-corrected chi connectivity index (χ4v) is 10.7. The number of hydrogen-bond donors (Lipinski definition) is 3. The highest BCUT2D eigenvalue weighted by Gasteiger charge is 2.35. The zero-order valence-electron chi connectivity index (χ0n) is 36.1.